The molecule has 5 heteroatoms. The molecule has 0 atom stereocenters. The van der Waals surface area contributed by atoms with E-state index in [1.54, 1.807) is 12.1 Å². The van der Waals surface area contributed by atoms with Crippen LogP contribution in [0.5, 0.6) is 11.5 Å². The normalized spacial score (nSPS) is 11.5. The summed E-state index contributed by atoms with van der Waals surface area (Å²) in [6.07, 6.45) is 0. The number of hydrogen-bond donors (Lipinski definition) is 1. The van der Waals surface area contributed by atoms with Crippen LogP contribution in [0.1, 0.15) is 38.8 Å². The summed E-state index contributed by atoms with van der Waals surface area (Å²) in [7, 11) is 0. The Morgan fingerprint density at radius 3 is 2.38 bits per heavy atom. The zero-order valence-electron chi connectivity index (χ0n) is 15.9. The van der Waals surface area contributed by atoms with Gasteiger partial charge in [-0.3, -0.25) is 0 Å². The molecule has 0 bridgehead atoms. The minimum absolute atomic E-state index is 0.254. The number of ether oxygens (including phenoxy) is 2. The van der Waals surface area contributed by atoms with Crippen molar-refractivity contribution < 1.29 is 9.47 Å². The molecule has 0 saturated heterocycles. The zero-order chi connectivity index (χ0) is 19.2. The van der Waals surface area contributed by atoms with E-state index in [4.69, 9.17) is 32.7 Å². The number of benzene rings is 2. The Hall–Kier alpha value is -1.42. The molecule has 0 aliphatic rings. The maximum atomic E-state index is 6.21. The highest BCUT2D eigenvalue weighted by Crippen LogP contribution is 2.30. The van der Waals surface area contributed by atoms with Gasteiger partial charge in [0.2, 0.25) is 0 Å². The number of halogens is 2. The Kier molecular flexibility index (Phi) is 7.63. The molecular formula is C21H27Cl2NO2. The summed E-state index contributed by atoms with van der Waals surface area (Å²) in [5, 5.41) is 4.68. The van der Waals surface area contributed by atoms with Gasteiger partial charge in [0.25, 0.3) is 0 Å². The first-order valence-electron chi connectivity index (χ1n) is 8.81. The third-order valence-electron chi connectivity index (χ3n) is 3.69. The van der Waals surface area contributed by atoms with Crippen molar-refractivity contribution in [3.8, 4) is 11.5 Å². The minimum atomic E-state index is 0.254. The van der Waals surface area contributed by atoms with Gasteiger partial charge in [0.05, 0.1) is 6.61 Å². The summed E-state index contributed by atoms with van der Waals surface area (Å²) in [5.74, 6) is 1.45. The van der Waals surface area contributed by atoms with Gasteiger partial charge < -0.3 is 14.8 Å². The summed E-state index contributed by atoms with van der Waals surface area (Å²) in [6, 6.07) is 11.4. The van der Waals surface area contributed by atoms with Gasteiger partial charge in [-0.2, -0.15) is 0 Å². The third-order valence-corrected chi connectivity index (χ3v) is 4.28. The van der Waals surface area contributed by atoms with Crippen LogP contribution in [-0.4, -0.2) is 13.2 Å². The average Bonchev–Trinajstić information content (AvgIpc) is 2.54. The molecule has 3 nitrogen and oxygen atoms in total. The van der Waals surface area contributed by atoms with E-state index in [2.05, 4.69) is 32.2 Å². The van der Waals surface area contributed by atoms with Crippen LogP contribution in [0.2, 0.25) is 10.0 Å². The number of nitrogens with one attached hydrogen (secondary N) is 1. The van der Waals surface area contributed by atoms with Crippen LogP contribution in [0.15, 0.2) is 36.4 Å². The van der Waals surface area contributed by atoms with Gasteiger partial charge in [-0.05, 0) is 42.2 Å². The molecule has 2 aromatic carbocycles. The van der Waals surface area contributed by atoms with Crippen molar-refractivity contribution in [1.29, 1.82) is 0 Å². The summed E-state index contributed by atoms with van der Waals surface area (Å²) >= 11 is 12.1. The third kappa shape index (κ3) is 6.71. The summed E-state index contributed by atoms with van der Waals surface area (Å²) < 4.78 is 11.7. The maximum Gasteiger partial charge on any atom is 0.161 e. The van der Waals surface area contributed by atoms with Crippen molar-refractivity contribution in [3.63, 3.8) is 0 Å². The smallest absolute Gasteiger partial charge is 0.161 e. The molecule has 142 valence electrons. The lowest BCUT2D eigenvalue weighted by molar-refractivity contribution is 0.269. The van der Waals surface area contributed by atoms with Crippen molar-refractivity contribution in [2.24, 2.45) is 5.41 Å². The van der Waals surface area contributed by atoms with Crippen molar-refractivity contribution in [3.05, 3.63) is 57.6 Å². The quantitative estimate of drug-likeness (QED) is 0.584. The monoisotopic (exact) mass is 395 g/mol. The van der Waals surface area contributed by atoms with E-state index in [0.29, 0.717) is 29.0 Å². The molecular weight excluding hydrogens is 369 g/mol. The Morgan fingerprint density at radius 2 is 1.73 bits per heavy atom. The van der Waals surface area contributed by atoms with Crippen molar-refractivity contribution in [2.45, 2.75) is 40.8 Å². The second kappa shape index (κ2) is 9.50. The predicted octanol–water partition coefficient (Wildman–Crippen LogP) is 6.11. The van der Waals surface area contributed by atoms with E-state index in [9.17, 15) is 0 Å². The van der Waals surface area contributed by atoms with Crippen LogP contribution in [0.3, 0.4) is 0 Å². The zero-order valence-corrected chi connectivity index (χ0v) is 17.4. The first kappa shape index (κ1) is 20.9. The van der Waals surface area contributed by atoms with Gasteiger partial charge >= 0.3 is 0 Å². The molecule has 0 radical (unpaired) electrons. The molecule has 2 aromatic rings. The molecule has 0 unspecified atom stereocenters. The molecule has 26 heavy (non-hydrogen) atoms. The highest BCUT2D eigenvalue weighted by atomic mass is 35.5. The highest BCUT2D eigenvalue weighted by Gasteiger charge is 2.11. The maximum absolute atomic E-state index is 6.21. The van der Waals surface area contributed by atoms with Gasteiger partial charge in [-0.25, -0.2) is 0 Å². The van der Waals surface area contributed by atoms with E-state index in [-0.39, 0.29) is 5.41 Å². The SMILES string of the molecule is CCOc1cc(CNCC(C)(C)C)ccc1OCc1ccc(Cl)cc1Cl. The number of hydrogen-bond acceptors (Lipinski definition) is 3. The van der Waals surface area contributed by atoms with Crippen molar-refractivity contribution in [1.82, 2.24) is 5.32 Å². The molecule has 0 heterocycles. The van der Waals surface area contributed by atoms with Gasteiger partial charge in [-0.1, -0.05) is 56.1 Å². The molecule has 0 aliphatic heterocycles. The van der Waals surface area contributed by atoms with Crippen LogP contribution in [0, 0.1) is 5.41 Å². The summed E-state index contributed by atoms with van der Waals surface area (Å²) in [4.78, 5) is 0. The van der Waals surface area contributed by atoms with Gasteiger partial charge in [0, 0.05) is 28.7 Å². The van der Waals surface area contributed by atoms with E-state index in [1.807, 2.05) is 25.1 Å². The fraction of sp³-hybridized carbons (Fsp3) is 0.429. The van der Waals surface area contributed by atoms with Gasteiger partial charge in [0.1, 0.15) is 6.61 Å². The Bertz CT molecular complexity index is 726. The minimum Gasteiger partial charge on any atom is -0.490 e. The van der Waals surface area contributed by atoms with Crippen molar-refractivity contribution >= 4 is 23.2 Å². The lowest BCUT2D eigenvalue weighted by atomic mass is 9.97. The largest absolute Gasteiger partial charge is 0.490 e. The van der Waals surface area contributed by atoms with E-state index in [1.165, 1.54) is 0 Å². The molecule has 0 saturated carbocycles. The van der Waals surface area contributed by atoms with Crippen molar-refractivity contribution in [2.75, 3.05) is 13.2 Å². The van der Waals surface area contributed by atoms with E-state index < -0.39 is 0 Å². The van der Waals surface area contributed by atoms with E-state index >= 15 is 0 Å². The molecule has 0 fully saturated rings. The fourth-order valence-corrected chi connectivity index (χ4v) is 2.89. The Balaban J connectivity index is 2.05. The topological polar surface area (TPSA) is 30.5 Å². The Labute approximate surface area is 166 Å². The van der Waals surface area contributed by atoms with E-state index in [0.717, 1.165) is 30.0 Å². The lowest BCUT2D eigenvalue weighted by Gasteiger charge is -2.19. The molecule has 0 aromatic heterocycles. The van der Waals surface area contributed by atoms with Gasteiger partial charge in [-0.15, -0.1) is 0 Å². The fourth-order valence-electron chi connectivity index (χ4n) is 2.43. The van der Waals surface area contributed by atoms with Gasteiger partial charge in [0.15, 0.2) is 11.5 Å². The standard InChI is InChI=1S/C21H27Cl2NO2/c1-5-25-20-10-15(12-24-14-21(2,3)4)6-9-19(20)26-13-16-7-8-17(22)11-18(16)23/h6-11,24H,5,12-14H2,1-4H3. The summed E-state index contributed by atoms with van der Waals surface area (Å²) in [6.45, 7) is 11.3. The molecule has 0 aliphatic carbocycles. The molecule has 1 N–H and O–H groups in total. The second-order valence-corrected chi connectivity index (χ2v) is 8.25. The van der Waals surface area contributed by atoms with Crippen LogP contribution in [0.4, 0.5) is 0 Å². The lowest BCUT2D eigenvalue weighted by Crippen LogP contribution is -2.26. The first-order chi connectivity index (χ1) is 12.3. The molecule has 2 rings (SSSR count). The van der Waals surface area contributed by atoms with Crippen LogP contribution >= 0.6 is 23.2 Å². The van der Waals surface area contributed by atoms with Crippen LogP contribution in [0.25, 0.3) is 0 Å². The highest BCUT2D eigenvalue weighted by molar-refractivity contribution is 6.35. The average molecular weight is 396 g/mol. The van der Waals surface area contributed by atoms with Crippen LogP contribution < -0.4 is 14.8 Å². The Morgan fingerprint density at radius 1 is 0.962 bits per heavy atom. The number of rotatable bonds is 8. The van der Waals surface area contributed by atoms with Crippen LogP contribution in [-0.2, 0) is 13.2 Å². The molecule has 0 amide bonds. The second-order valence-electron chi connectivity index (χ2n) is 7.40. The first-order valence-corrected chi connectivity index (χ1v) is 9.57. The molecule has 0 spiro atoms. The summed E-state index contributed by atoms with van der Waals surface area (Å²) in [5.41, 5.74) is 2.30. The predicted molar refractivity (Wildman–Crippen MR) is 110 cm³/mol.